The Kier molecular flexibility index (Phi) is 6.79. The van der Waals surface area contributed by atoms with E-state index < -0.39 is 11.5 Å². The third-order valence-electron chi connectivity index (χ3n) is 4.71. The number of pyridine rings is 1. The van der Waals surface area contributed by atoms with E-state index >= 15 is 0 Å². The molecule has 156 valence electrons. The van der Waals surface area contributed by atoms with Crippen molar-refractivity contribution in [1.82, 2.24) is 14.9 Å². The molecule has 7 nitrogen and oxygen atoms in total. The van der Waals surface area contributed by atoms with Crippen LogP contribution >= 0.6 is 11.3 Å². The van der Waals surface area contributed by atoms with Gasteiger partial charge in [-0.3, -0.25) is 14.4 Å². The van der Waals surface area contributed by atoms with Gasteiger partial charge < -0.3 is 15.2 Å². The smallest absolute Gasteiger partial charge is 0.263 e. The fourth-order valence-corrected chi connectivity index (χ4v) is 3.51. The van der Waals surface area contributed by atoms with Crippen molar-refractivity contribution in [1.29, 1.82) is 0 Å². The van der Waals surface area contributed by atoms with Gasteiger partial charge in [-0.05, 0) is 36.1 Å². The summed E-state index contributed by atoms with van der Waals surface area (Å²) in [5.41, 5.74) is 1.64. The summed E-state index contributed by atoms with van der Waals surface area (Å²) in [6.07, 6.45) is 3.06. The minimum Gasteiger partial charge on any atom is -0.345 e. The van der Waals surface area contributed by atoms with Gasteiger partial charge in [0.25, 0.3) is 11.5 Å². The number of benzene rings is 1. The lowest BCUT2D eigenvalue weighted by Gasteiger charge is -2.16. The van der Waals surface area contributed by atoms with Crippen LogP contribution in [0.4, 0.5) is 5.13 Å². The Balaban J connectivity index is 1.69. The van der Waals surface area contributed by atoms with Crippen molar-refractivity contribution in [2.45, 2.75) is 39.3 Å². The van der Waals surface area contributed by atoms with E-state index in [-0.39, 0.29) is 24.1 Å². The van der Waals surface area contributed by atoms with Gasteiger partial charge in [0.1, 0.15) is 12.1 Å². The number of anilines is 1. The van der Waals surface area contributed by atoms with E-state index in [1.807, 2.05) is 31.2 Å². The number of nitrogens with zero attached hydrogens (tertiary/aromatic N) is 2. The summed E-state index contributed by atoms with van der Waals surface area (Å²) in [5.74, 6) is -0.433. The lowest BCUT2D eigenvalue weighted by Crippen LogP contribution is -2.35. The molecule has 2 heterocycles. The number of aromatic nitrogens is 2. The molecule has 3 aromatic rings. The Morgan fingerprint density at radius 2 is 1.80 bits per heavy atom. The van der Waals surface area contributed by atoms with Gasteiger partial charge in [-0.15, -0.1) is 11.3 Å². The normalized spacial score (nSPS) is 11.9. The van der Waals surface area contributed by atoms with E-state index in [9.17, 15) is 14.4 Å². The number of hydrogen-bond donors (Lipinski definition) is 2. The molecule has 1 aromatic carbocycles. The van der Waals surface area contributed by atoms with E-state index in [0.717, 1.165) is 5.56 Å². The number of carbonyl (C=O) groups is 2. The molecule has 0 spiro atoms. The monoisotopic (exact) mass is 424 g/mol. The predicted octanol–water partition coefficient (Wildman–Crippen LogP) is 3.56. The Hall–Kier alpha value is -3.26. The Morgan fingerprint density at radius 3 is 2.43 bits per heavy atom. The van der Waals surface area contributed by atoms with E-state index in [4.69, 9.17) is 0 Å². The Bertz CT molecular complexity index is 1070. The van der Waals surface area contributed by atoms with Crippen molar-refractivity contribution in [3.63, 3.8) is 0 Å². The summed E-state index contributed by atoms with van der Waals surface area (Å²) in [7, 11) is 0. The molecule has 0 unspecified atom stereocenters. The fourth-order valence-electron chi connectivity index (χ4n) is 2.96. The molecule has 2 N–H and O–H groups in total. The minimum absolute atomic E-state index is 0.00907. The second-order valence-electron chi connectivity index (χ2n) is 7.26. The second kappa shape index (κ2) is 9.49. The summed E-state index contributed by atoms with van der Waals surface area (Å²) < 4.78 is 1.21. The van der Waals surface area contributed by atoms with Crippen molar-refractivity contribution in [3.8, 4) is 0 Å². The van der Waals surface area contributed by atoms with Crippen LogP contribution in [0.3, 0.4) is 0 Å². The fraction of sp³-hybridized carbons (Fsp3) is 0.273. The highest BCUT2D eigenvalue weighted by atomic mass is 32.1. The molecule has 0 saturated heterocycles. The third kappa shape index (κ3) is 5.21. The first-order valence-electron chi connectivity index (χ1n) is 9.64. The zero-order chi connectivity index (χ0) is 21.7. The number of amides is 2. The van der Waals surface area contributed by atoms with Gasteiger partial charge >= 0.3 is 0 Å². The molecular weight excluding hydrogens is 400 g/mol. The van der Waals surface area contributed by atoms with Gasteiger partial charge in [-0.1, -0.05) is 38.1 Å². The van der Waals surface area contributed by atoms with Crippen LogP contribution in [0.15, 0.2) is 59.0 Å². The van der Waals surface area contributed by atoms with Crippen molar-refractivity contribution >= 4 is 28.3 Å². The van der Waals surface area contributed by atoms with Crippen molar-refractivity contribution in [2.75, 3.05) is 5.32 Å². The quantitative estimate of drug-likeness (QED) is 0.606. The largest absolute Gasteiger partial charge is 0.345 e. The molecule has 1 atom stereocenters. The van der Waals surface area contributed by atoms with Gasteiger partial charge in [-0.25, -0.2) is 4.98 Å². The molecule has 0 radical (unpaired) electrons. The van der Waals surface area contributed by atoms with Crippen LogP contribution in [0.5, 0.6) is 0 Å². The van der Waals surface area contributed by atoms with Crippen molar-refractivity contribution in [2.24, 2.45) is 0 Å². The van der Waals surface area contributed by atoms with Crippen molar-refractivity contribution in [3.05, 3.63) is 81.2 Å². The maximum absolute atomic E-state index is 12.7. The standard InChI is InChI=1S/C22H24N4O3S/c1-14(2)16-6-8-17(9-7-16)15(3)24-20(28)18-5-4-11-26(21(18)29)13-19(27)25-22-23-10-12-30-22/h4-12,14-15H,13H2,1-3H3,(H,24,28)(H,23,25,27)/t15-/m1/s1. The lowest BCUT2D eigenvalue weighted by atomic mass is 9.99. The van der Waals surface area contributed by atoms with E-state index in [0.29, 0.717) is 11.0 Å². The number of hydrogen-bond acceptors (Lipinski definition) is 5. The highest BCUT2D eigenvalue weighted by Crippen LogP contribution is 2.18. The van der Waals surface area contributed by atoms with E-state index in [2.05, 4.69) is 29.5 Å². The first-order chi connectivity index (χ1) is 14.3. The zero-order valence-electron chi connectivity index (χ0n) is 17.1. The average molecular weight is 425 g/mol. The molecule has 0 aliphatic rings. The summed E-state index contributed by atoms with van der Waals surface area (Å²) in [6.45, 7) is 5.91. The first-order valence-corrected chi connectivity index (χ1v) is 10.5. The average Bonchev–Trinajstić information content (AvgIpc) is 3.22. The van der Waals surface area contributed by atoms with Crippen LogP contribution in [-0.4, -0.2) is 21.4 Å². The molecule has 0 aliphatic carbocycles. The number of thiazole rings is 1. The van der Waals surface area contributed by atoms with Gasteiger partial charge in [0.15, 0.2) is 5.13 Å². The Labute approximate surface area is 178 Å². The highest BCUT2D eigenvalue weighted by Gasteiger charge is 2.17. The maximum Gasteiger partial charge on any atom is 0.263 e. The Morgan fingerprint density at radius 1 is 1.10 bits per heavy atom. The SMILES string of the molecule is CC(C)c1ccc([C@@H](C)NC(=O)c2cccn(CC(=O)Nc3nccs3)c2=O)cc1. The van der Waals surface area contributed by atoms with Crippen LogP contribution in [0.2, 0.25) is 0 Å². The molecule has 0 saturated carbocycles. The van der Waals surface area contributed by atoms with Crippen LogP contribution in [-0.2, 0) is 11.3 Å². The topological polar surface area (TPSA) is 93.1 Å². The summed E-state index contributed by atoms with van der Waals surface area (Å²) in [6, 6.07) is 10.8. The summed E-state index contributed by atoms with van der Waals surface area (Å²) in [4.78, 5) is 41.5. The van der Waals surface area contributed by atoms with Crippen LogP contribution < -0.4 is 16.2 Å². The number of nitrogens with one attached hydrogen (secondary N) is 2. The second-order valence-corrected chi connectivity index (χ2v) is 8.15. The number of rotatable bonds is 7. The van der Waals surface area contributed by atoms with Crippen LogP contribution in [0.25, 0.3) is 0 Å². The zero-order valence-corrected chi connectivity index (χ0v) is 17.9. The van der Waals surface area contributed by atoms with Crippen LogP contribution in [0.1, 0.15) is 54.2 Å². The lowest BCUT2D eigenvalue weighted by molar-refractivity contribution is -0.116. The van der Waals surface area contributed by atoms with E-state index in [1.165, 1.54) is 33.7 Å². The third-order valence-corrected chi connectivity index (χ3v) is 5.40. The van der Waals surface area contributed by atoms with E-state index in [1.54, 1.807) is 17.6 Å². The molecule has 30 heavy (non-hydrogen) atoms. The molecule has 2 amide bonds. The van der Waals surface area contributed by atoms with Crippen LogP contribution in [0, 0.1) is 0 Å². The predicted molar refractivity (Wildman–Crippen MR) is 118 cm³/mol. The molecule has 2 aromatic heterocycles. The molecule has 0 fully saturated rings. The molecule has 8 heteroatoms. The summed E-state index contributed by atoms with van der Waals surface area (Å²) >= 11 is 1.29. The van der Waals surface area contributed by atoms with Gasteiger partial charge in [0.05, 0.1) is 6.04 Å². The van der Waals surface area contributed by atoms with Gasteiger partial charge in [0.2, 0.25) is 5.91 Å². The summed E-state index contributed by atoms with van der Waals surface area (Å²) in [5, 5.41) is 7.68. The molecule has 3 rings (SSSR count). The van der Waals surface area contributed by atoms with Crippen molar-refractivity contribution < 1.29 is 9.59 Å². The highest BCUT2D eigenvalue weighted by molar-refractivity contribution is 7.13. The van der Waals surface area contributed by atoms with Gasteiger partial charge in [-0.2, -0.15) is 0 Å². The molecule has 0 aliphatic heterocycles. The van der Waals surface area contributed by atoms with Gasteiger partial charge in [0, 0.05) is 17.8 Å². The molecular formula is C22H24N4O3S. The maximum atomic E-state index is 12.7. The minimum atomic E-state index is -0.522. The first kappa shape index (κ1) is 21.4. The molecule has 0 bridgehead atoms. The number of carbonyl (C=O) groups excluding carboxylic acids is 2.